The highest BCUT2D eigenvalue weighted by atomic mass is 32.1. The minimum absolute atomic E-state index is 0.0553. The number of esters is 1. The lowest BCUT2D eigenvalue weighted by atomic mass is 10.0. The molecule has 2 aromatic heterocycles. The first-order valence-electron chi connectivity index (χ1n) is 6.47. The van der Waals surface area contributed by atoms with Gasteiger partial charge >= 0.3 is 5.97 Å². The van der Waals surface area contributed by atoms with Crippen molar-refractivity contribution in [1.82, 2.24) is 0 Å². The van der Waals surface area contributed by atoms with Crippen LogP contribution in [-0.4, -0.2) is 17.9 Å². The van der Waals surface area contributed by atoms with Crippen LogP contribution in [0.4, 0.5) is 0 Å². The van der Waals surface area contributed by atoms with Crippen molar-refractivity contribution in [1.29, 1.82) is 0 Å². The van der Waals surface area contributed by atoms with Crippen molar-refractivity contribution in [2.45, 2.75) is 32.7 Å². The average Bonchev–Trinajstić information content (AvgIpc) is 3.09. The van der Waals surface area contributed by atoms with Gasteiger partial charge in [0.1, 0.15) is 0 Å². The van der Waals surface area contributed by atoms with Crippen LogP contribution in [0, 0.1) is 13.8 Å². The van der Waals surface area contributed by atoms with Gasteiger partial charge in [0.25, 0.3) is 0 Å². The van der Waals surface area contributed by atoms with E-state index in [1.165, 1.54) is 14.6 Å². The van der Waals surface area contributed by atoms with Gasteiger partial charge in [-0.25, -0.2) is 9.79 Å². The minimum atomic E-state index is -0.426. The normalized spacial score (nSPS) is 19.9. The Morgan fingerprint density at radius 3 is 2.45 bits per heavy atom. The van der Waals surface area contributed by atoms with E-state index in [1.807, 2.05) is 26.0 Å². The molecule has 3 nitrogen and oxygen atoms in total. The van der Waals surface area contributed by atoms with E-state index in [0.717, 1.165) is 4.88 Å². The zero-order valence-electron chi connectivity index (χ0n) is 11.5. The quantitative estimate of drug-likeness (QED) is 0.807. The van der Waals surface area contributed by atoms with Crippen LogP contribution in [0.25, 0.3) is 0 Å². The Labute approximate surface area is 125 Å². The average molecular weight is 305 g/mol. The summed E-state index contributed by atoms with van der Waals surface area (Å²) >= 11 is 3.31. The monoisotopic (exact) mass is 305 g/mol. The van der Waals surface area contributed by atoms with Gasteiger partial charge in [0.2, 0.25) is 5.90 Å². The number of nitrogens with zero attached hydrogens (tertiary/aromatic N) is 1. The predicted octanol–water partition coefficient (Wildman–Crippen LogP) is 3.90. The van der Waals surface area contributed by atoms with Crippen LogP contribution in [-0.2, 0) is 9.53 Å². The fourth-order valence-electron chi connectivity index (χ4n) is 2.19. The number of hydrogen-bond donors (Lipinski definition) is 0. The molecule has 0 amide bonds. The SMILES string of the molecule is Cc1ccc(C2=NC(C(C)c3ccc(C)s3)C(=O)O2)s1. The number of thiophene rings is 2. The fourth-order valence-corrected chi connectivity index (χ4v) is 3.95. The number of cyclic esters (lactones) is 1. The zero-order valence-corrected chi connectivity index (χ0v) is 13.2. The fraction of sp³-hybridized carbons (Fsp3) is 0.333. The number of aryl methyl sites for hydroxylation is 2. The van der Waals surface area contributed by atoms with Gasteiger partial charge in [-0.3, -0.25) is 0 Å². The summed E-state index contributed by atoms with van der Waals surface area (Å²) in [7, 11) is 0. The second-order valence-electron chi connectivity index (χ2n) is 4.95. The molecule has 2 atom stereocenters. The molecule has 0 N–H and O–H groups in total. The van der Waals surface area contributed by atoms with Crippen LogP contribution in [0.15, 0.2) is 29.3 Å². The largest absolute Gasteiger partial charge is 0.405 e. The van der Waals surface area contributed by atoms with E-state index in [9.17, 15) is 4.79 Å². The Bertz CT molecular complexity index is 684. The number of carbonyl (C=O) groups is 1. The second kappa shape index (κ2) is 5.14. The lowest BCUT2D eigenvalue weighted by Crippen LogP contribution is -2.21. The summed E-state index contributed by atoms with van der Waals surface area (Å²) in [4.78, 5) is 21.1. The molecule has 0 spiro atoms. The number of carbonyl (C=O) groups excluding carboxylic acids is 1. The number of ether oxygens (including phenoxy) is 1. The Morgan fingerprint density at radius 2 is 1.85 bits per heavy atom. The van der Waals surface area contributed by atoms with Crippen LogP contribution < -0.4 is 0 Å². The van der Waals surface area contributed by atoms with Gasteiger partial charge in [-0.1, -0.05) is 6.92 Å². The second-order valence-corrected chi connectivity index (χ2v) is 7.55. The molecular formula is C15H15NO2S2. The lowest BCUT2D eigenvalue weighted by molar-refractivity contribution is -0.135. The molecule has 0 aliphatic carbocycles. The molecule has 0 fully saturated rings. The maximum Gasteiger partial charge on any atom is 0.338 e. The van der Waals surface area contributed by atoms with Gasteiger partial charge in [0.15, 0.2) is 6.04 Å². The van der Waals surface area contributed by atoms with Crippen molar-refractivity contribution in [3.05, 3.63) is 43.8 Å². The van der Waals surface area contributed by atoms with Gasteiger partial charge < -0.3 is 4.74 Å². The van der Waals surface area contributed by atoms with E-state index in [1.54, 1.807) is 22.7 Å². The van der Waals surface area contributed by atoms with Crippen molar-refractivity contribution in [2.24, 2.45) is 4.99 Å². The molecule has 0 saturated carbocycles. The number of rotatable bonds is 3. The molecule has 2 unspecified atom stereocenters. The van der Waals surface area contributed by atoms with Crippen LogP contribution in [0.5, 0.6) is 0 Å². The summed E-state index contributed by atoms with van der Waals surface area (Å²) in [6, 6.07) is 7.68. The number of aliphatic imine (C=N–C) groups is 1. The van der Waals surface area contributed by atoms with Crippen molar-refractivity contribution < 1.29 is 9.53 Å². The lowest BCUT2D eigenvalue weighted by Gasteiger charge is -2.11. The van der Waals surface area contributed by atoms with Crippen LogP contribution in [0.2, 0.25) is 0 Å². The van der Waals surface area contributed by atoms with E-state index in [-0.39, 0.29) is 11.9 Å². The maximum atomic E-state index is 12.1. The van der Waals surface area contributed by atoms with Gasteiger partial charge in [0.05, 0.1) is 4.88 Å². The maximum absolute atomic E-state index is 12.1. The Morgan fingerprint density at radius 1 is 1.15 bits per heavy atom. The van der Waals surface area contributed by atoms with E-state index in [2.05, 4.69) is 24.0 Å². The third-order valence-corrected chi connectivity index (χ3v) is 5.52. The third kappa shape index (κ3) is 2.43. The summed E-state index contributed by atoms with van der Waals surface area (Å²) in [5, 5.41) is 0. The molecule has 5 heteroatoms. The van der Waals surface area contributed by atoms with Crippen LogP contribution in [0.1, 0.15) is 32.4 Å². The molecule has 0 bridgehead atoms. The van der Waals surface area contributed by atoms with Crippen LogP contribution >= 0.6 is 22.7 Å². The first-order valence-corrected chi connectivity index (χ1v) is 8.10. The van der Waals surface area contributed by atoms with E-state index in [4.69, 9.17) is 4.74 Å². The summed E-state index contributed by atoms with van der Waals surface area (Å²) in [5.41, 5.74) is 0. The first-order chi connectivity index (χ1) is 9.54. The van der Waals surface area contributed by atoms with Crippen molar-refractivity contribution >= 4 is 34.5 Å². The highest BCUT2D eigenvalue weighted by molar-refractivity contribution is 7.14. The highest BCUT2D eigenvalue weighted by Crippen LogP contribution is 2.32. The summed E-state index contributed by atoms with van der Waals surface area (Å²) in [6.45, 7) is 6.13. The molecule has 1 aliphatic rings. The standard InChI is InChI=1S/C15H15NO2S2/c1-8-4-6-11(19-8)10(3)13-15(17)18-14(16-13)12-7-5-9(2)20-12/h4-7,10,13H,1-3H3. The van der Waals surface area contributed by atoms with Crippen LogP contribution in [0.3, 0.4) is 0 Å². The van der Waals surface area contributed by atoms with Crippen molar-refractivity contribution in [3.63, 3.8) is 0 Å². The molecule has 20 heavy (non-hydrogen) atoms. The van der Waals surface area contributed by atoms with Gasteiger partial charge in [-0.05, 0) is 38.1 Å². The third-order valence-electron chi connectivity index (χ3n) is 3.33. The summed E-state index contributed by atoms with van der Waals surface area (Å²) in [5.74, 6) is 0.280. The number of hydrogen-bond acceptors (Lipinski definition) is 5. The van der Waals surface area contributed by atoms with E-state index >= 15 is 0 Å². The van der Waals surface area contributed by atoms with Gasteiger partial charge in [-0.2, -0.15) is 0 Å². The Kier molecular flexibility index (Phi) is 3.48. The van der Waals surface area contributed by atoms with Crippen molar-refractivity contribution in [3.8, 4) is 0 Å². The van der Waals surface area contributed by atoms with Gasteiger partial charge in [0, 0.05) is 20.5 Å². The van der Waals surface area contributed by atoms with Gasteiger partial charge in [-0.15, -0.1) is 22.7 Å². The molecule has 1 aliphatic heterocycles. The Hall–Kier alpha value is -1.46. The molecular weight excluding hydrogens is 290 g/mol. The smallest absolute Gasteiger partial charge is 0.338 e. The highest BCUT2D eigenvalue weighted by Gasteiger charge is 2.35. The minimum Gasteiger partial charge on any atom is -0.405 e. The van der Waals surface area contributed by atoms with E-state index in [0.29, 0.717) is 5.90 Å². The molecule has 2 aromatic rings. The predicted molar refractivity (Wildman–Crippen MR) is 82.9 cm³/mol. The molecule has 3 rings (SSSR count). The van der Waals surface area contributed by atoms with E-state index < -0.39 is 6.04 Å². The topological polar surface area (TPSA) is 38.7 Å². The summed E-state index contributed by atoms with van der Waals surface area (Å²) < 4.78 is 5.35. The molecule has 104 valence electrons. The molecule has 3 heterocycles. The van der Waals surface area contributed by atoms with Crippen molar-refractivity contribution in [2.75, 3.05) is 0 Å². The molecule has 0 radical (unpaired) electrons. The molecule has 0 aromatic carbocycles. The summed E-state index contributed by atoms with van der Waals surface area (Å²) in [6.07, 6.45) is 0. The Balaban J connectivity index is 1.86. The first kappa shape index (κ1) is 13.5. The zero-order chi connectivity index (χ0) is 14.3. The molecule has 0 saturated heterocycles.